The zero-order chi connectivity index (χ0) is 23.2. The second-order valence-corrected chi connectivity index (χ2v) is 8.28. The summed E-state index contributed by atoms with van der Waals surface area (Å²) in [5, 5.41) is 10.2. The fourth-order valence-electron chi connectivity index (χ4n) is 2.59. The summed E-state index contributed by atoms with van der Waals surface area (Å²) in [4.78, 5) is 10.2. The van der Waals surface area contributed by atoms with Crippen molar-refractivity contribution >= 4 is 5.97 Å². The second-order valence-electron chi connectivity index (χ2n) is 8.28. The SMILES string of the molecule is CC(C)CCCCCCCCCCCCCCC(=O)[O-].C[CH-]C.C[CH-]C.C[CH-]C.[Ti+4]. The van der Waals surface area contributed by atoms with Gasteiger partial charge in [0, 0.05) is 5.97 Å². The van der Waals surface area contributed by atoms with Crippen LogP contribution in [0.25, 0.3) is 0 Å². The fraction of sp³-hybridized carbons (Fsp3) is 0.852. The molecule has 180 valence electrons. The summed E-state index contributed by atoms with van der Waals surface area (Å²) in [5.74, 6) is -0.0415. The summed E-state index contributed by atoms with van der Waals surface area (Å²) in [6.07, 6.45) is 23.0. The van der Waals surface area contributed by atoms with Crippen molar-refractivity contribution < 1.29 is 31.6 Å². The average molecular weight is 461 g/mol. The molecule has 0 fully saturated rings. The van der Waals surface area contributed by atoms with Crippen LogP contribution in [0.3, 0.4) is 0 Å². The summed E-state index contributed by atoms with van der Waals surface area (Å²) < 4.78 is 0. The Morgan fingerprint density at radius 1 is 0.600 bits per heavy atom. The van der Waals surface area contributed by atoms with Gasteiger partial charge in [-0.25, -0.2) is 0 Å². The molecule has 0 bridgehead atoms. The zero-order valence-corrected chi connectivity index (χ0v) is 23.6. The third kappa shape index (κ3) is 70.5. The molecule has 0 amide bonds. The van der Waals surface area contributed by atoms with Gasteiger partial charge >= 0.3 is 21.7 Å². The van der Waals surface area contributed by atoms with Gasteiger partial charge in [0.15, 0.2) is 0 Å². The average Bonchev–Trinajstić information content (AvgIpc) is 2.63. The van der Waals surface area contributed by atoms with Gasteiger partial charge in [-0.05, 0) is 18.8 Å². The second kappa shape index (κ2) is 43.1. The Bertz CT molecular complexity index is 250. The van der Waals surface area contributed by atoms with Gasteiger partial charge in [-0.1, -0.05) is 90.9 Å². The number of hydrogen-bond acceptors (Lipinski definition) is 2. The number of unbranched alkanes of at least 4 members (excludes halogenated alkanes) is 11. The Kier molecular flexibility index (Phi) is 58.3. The standard InChI is InChI=1S/C18H36O2.3C3H7.Ti/c1-17(2)15-13-11-9-7-5-3-4-6-8-10-12-14-16-18(19)20;3*1-3-2;/h17H,3-16H2,1-2H3,(H,19,20);3*3H,1-2H3;/q;3*-1;+4/p-1. The number of carbonyl (C=O) groups excluding carboxylic acids is 1. The van der Waals surface area contributed by atoms with E-state index in [1.54, 1.807) is 0 Å². The summed E-state index contributed by atoms with van der Waals surface area (Å²) in [5.41, 5.74) is 0. The molecule has 2 nitrogen and oxygen atoms in total. The van der Waals surface area contributed by atoms with Crippen LogP contribution in [-0.4, -0.2) is 5.97 Å². The minimum absolute atomic E-state index is 0. The van der Waals surface area contributed by atoms with Gasteiger partial charge in [0.2, 0.25) is 0 Å². The number of rotatable bonds is 15. The van der Waals surface area contributed by atoms with Crippen LogP contribution >= 0.6 is 0 Å². The van der Waals surface area contributed by atoms with E-state index in [9.17, 15) is 9.90 Å². The van der Waals surface area contributed by atoms with Crippen LogP contribution < -0.4 is 5.11 Å². The normalized spacial score (nSPS) is 9.23. The van der Waals surface area contributed by atoms with Crippen molar-refractivity contribution in [1.82, 2.24) is 0 Å². The van der Waals surface area contributed by atoms with Crippen molar-refractivity contribution in [2.24, 2.45) is 5.92 Å². The van der Waals surface area contributed by atoms with Gasteiger partial charge in [-0.3, -0.25) is 0 Å². The first kappa shape index (κ1) is 40.5. The molecule has 30 heavy (non-hydrogen) atoms. The first-order valence-electron chi connectivity index (χ1n) is 12.3. The quantitative estimate of drug-likeness (QED) is 0.139. The van der Waals surface area contributed by atoms with E-state index in [2.05, 4.69) is 13.8 Å². The smallest absolute Gasteiger partial charge is 0.550 e. The van der Waals surface area contributed by atoms with E-state index in [0.717, 1.165) is 18.8 Å². The number of carboxylic acid groups (broad SMARTS) is 1. The largest absolute Gasteiger partial charge is 4.00 e. The van der Waals surface area contributed by atoms with Crippen LogP contribution in [0, 0.1) is 25.2 Å². The summed E-state index contributed by atoms with van der Waals surface area (Å²) in [6, 6.07) is 0. The van der Waals surface area contributed by atoms with Gasteiger partial charge in [0.05, 0.1) is 0 Å². The maximum Gasteiger partial charge on any atom is 4.00 e. The third-order valence-electron chi connectivity index (χ3n) is 3.91. The monoisotopic (exact) mass is 460 g/mol. The molecule has 0 saturated carbocycles. The van der Waals surface area contributed by atoms with Crippen molar-refractivity contribution in [1.29, 1.82) is 0 Å². The van der Waals surface area contributed by atoms with Crippen LogP contribution in [-0.2, 0) is 26.5 Å². The number of aliphatic carboxylic acids is 1. The van der Waals surface area contributed by atoms with E-state index < -0.39 is 5.97 Å². The molecular formula is C27H56O2Ti. The third-order valence-corrected chi connectivity index (χ3v) is 3.91. The van der Waals surface area contributed by atoms with Gasteiger partial charge in [0.25, 0.3) is 0 Å². The van der Waals surface area contributed by atoms with E-state index in [-0.39, 0.29) is 28.1 Å². The van der Waals surface area contributed by atoms with Crippen LogP contribution in [0.15, 0.2) is 0 Å². The first-order chi connectivity index (χ1) is 13.9. The number of carboxylic acids is 1. The predicted octanol–water partition coefficient (Wildman–Crippen LogP) is 8.54. The van der Waals surface area contributed by atoms with Crippen LogP contribution in [0.2, 0.25) is 0 Å². The Hall–Kier alpha value is 0.184. The molecule has 3 heteroatoms. The zero-order valence-electron chi connectivity index (χ0n) is 22.0. The molecule has 0 aromatic heterocycles. The molecule has 0 unspecified atom stereocenters. The van der Waals surface area contributed by atoms with Gasteiger partial charge in [-0.2, -0.15) is 41.5 Å². The predicted molar refractivity (Wildman–Crippen MR) is 131 cm³/mol. The molecule has 0 aliphatic rings. The maximum atomic E-state index is 10.2. The molecule has 0 spiro atoms. The number of hydrogen-bond donors (Lipinski definition) is 0. The maximum absolute atomic E-state index is 10.2. The van der Waals surface area contributed by atoms with Crippen LogP contribution in [0.5, 0.6) is 0 Å². The Labute approximate surface area is 207 Å². The Morgan fingerprint density at radius 2 is 0.833 bits per heavy atom. The Balaban J connectivity index is -0.000000177. The van der Waals surface area contributed by atoms with Crippen molar-refractivity contribution in [3.63, 3.8) is 0 Å². The molecule has 0 aromatic rings. The van der Waals surface area contributed by atoms with Crippen LogP contribution in [0.4, 0.5) is 0 Å². The molecular weight excluding hydrogens is 404 g/mol. The van der Waals surface area contributed by atoms with E-state index in [1.807, 2.05) is 60.8 Å². The van der Waals surface area contributed by atoms with Crippen molar-refractivity contribution in [2.45, 2.75) is 145 Å². The fourth-order valence-corrected chi connectivity index (χ4v) is 2.59. The summed E-state index contributed by atoms with van der Waals surface area (Å²) >= 11 is 0. The molecule has 0 heterocycles. The van der Waals surface area contributed by atoms with E-state index in [4.69, 9.17) is 0 Å². The molecule has 0 aromatic carbocycles. The van der Waals surface area contributed by atoms with E-state index >= 15 is 0 Å². The van der Waals surface area contributed by atoms with E-state index in [0.29, 0.717) is 0 Å². The molecule has 0 N–H and O–H groups in total. The number of carbonyl (C=O) groups is 1. The molecule has 0 aliphatic heterocycles. The molecule has 0 atom stereocenters. The molecule has 0 rings (SSSR count). The van der Waals surface area contributed by atoms with Gasteiger partial charge < -0.3 is 29.2 Å². The van der Waals surface area contributed by atoms with Crippen molar-refractivity contribution in [3.05, 3.63) is 19.3 Å². The summed E-state index contributed by atoms with van der Waals surface area (Å²) in [7, 11) is 0. The first-order valence-corrected chi connectivity index (χ1v) is 12.3. The van der Waals surface area contributed by atoms with Crippen molar-refractivity contribution in [3.8, 4) is 0 Å². The summed E-state index contributed by atoms with van der Waals surface area (Å²) in [6.45, 7) is 16.6. The van der Waals surface area contributed by atoms with Crippen molar-refractivity contribution in [2.75, 3.05) is 0 Å². The van der Waals surface area contributed by atoms with Gasteiger partial charge in [0.1, 0.15) is 0 Å². The van der Waals surface area contributed by atoms with Crippen LogP contribution in [0.1, 0.15) is 145 Å². The Morgan fingerprint density at radius 3 is 1.07 bits per heavy atom. The van der Waals surface area contributed by atoms with Gasteiger partial charge in [-0.15, -0.1) is 0 Å². The minimum Gasteiger partial charge on any atom is -0.550 e. The minimum atomic E-state index is -0.904. The topological polar surface area (TPSA) is 40.1 Å². The molecule has 0 saturated heterocycles. The molecule has 0 radical (unpaired) electrons. The molecule has 0 aliphatic carbocycles. The van der Waals surface area contributed by atoms with E-state index in [1.165, 1.54) is 70.6 Å².